The van der Waals surface area contributed by atoms with Gasteiger partial charge in [-0.05, 0) is 133 Å². The molecule has 4 aliphatic carbocycles. The molecule has 4 aliphatic rings. The maximum Gasteiger partial charge on any atom is 0 e. The summed E-state index contributed by atoms with van der Waals surface area (Å²) in [5.41, 5.74) is 13.2. The Hall–Kier alpha value is 0.420. The summed E-state index contributed by atoms with van der Waals surface area (Å²) in [6, 6.07) is 0. The van der Waals surface area contributed by atoms with Crippen LogP contribution >= 0.6 is 37.2 Å². The van der Waals surface area contributed by atoms with E-state index in [-0.39, 0.29) is 0 Å². The molecule has 0 heterocycles. The van der Waals surface area contributed by atoms with Gasteiger partial charge in [0.25, 0.3) is 0 Å². The van der Waals surface area contributed by atoms with Crippen LogP contribution in [0.2, 0.25) is 0 Å². The van der Waals surface area contributed by atoms with Crippen LogP contribution in [0.5, 0.6) is 0 Å². The minimum Gasteiger partial charge on any atom is -0.0710 e. The molecule has 0 aromatic heterocycles. The van der Waals surface area contributed by atoms with E-state index in [1.54, 1.807) is 44.6 Å². The van der Waals surface area contributed by atoms with Crippen molar-refractivity contribution in [1.82, 2.24) is 0 Å². The molecule has 0 N–H and O–H groups in total. The van der Waals surface area contributed by atoms with Crippen LogP contribution < -0.4 is 0 Å². The van der Waals surface area contributed by atoms with E-state index in [9.17, 15) is 0 Å². The Morgan fingerprint density at radius 2 is 0.468 bits per heavy atom. The molecule has 278 valence electrons. The number of allylic oxidation sites excluding steroid dienone is 8. The van der Waals surface area contributed by atoms with Gasteiger partial charge in [-0.2, -0.15) is 0 Å². The second kappa shape index (κ2) is 23.8. The van der Waals surface area contributed by atoms with E-state index in [1.165, 1.54) is 19.3 Å². The standard InChI is InChI=1S/C19H32.2C10H18.2C3H8.I2/c1-10-11(2)15(6)18(14(10)5)9-19-16(7)12(3)13(4)17(19)8;2*1-6-7(2)9(4)10(5)8(6)3;2*1-3-2;1-2/h10,12,14,16,18-19H,9H2,1-8H3;2*6-8H,1-5H3;2*3H2,1-2H3;/t10-,12?,14?,16?,18-,19-;6?,7-,8?;6?,7-,8+;;;/m10..../s1. The molecule has 0 saturated heterocycles. The van der Waals surface area contributed by atoms with Gasteiger partial charge in [0.05, 0.1) is 0 Å². The van der Waals surface area contributed by atoms with Crippen LogP contribution in [0.1, 0.15) is 172 Å². The predicted molar refractivity (Wildman–Crippen MR) is 237 cm³/mol. The third-order valence-corrected chi connectivity index (χ3v) is 14.2. The number of hydrogen-bond acceptors (Lipinski definition) is 0. The Bertz CT molecular complexity index is 920. The van der Waals surface area contributed by atoms with Crippen LogP contribution in [-0.2, 0) is 0 Å². The van der Waals surface area contributed by atoms with Crippen LogP contribution in [0.4, 0.5) is 0 Å². The molecule has 2 heteroatoms. The summed E-state index contributed by atoms with van der Waals surface area (Å²) in [6.07, 6.45) is 3.88. The SMILES string of the molecule is CC1=C(C)[C@@H](C)C(C)C1C.CC1=C(C)[C@H](C)C(C)[C@@H]1C.CC1=C(C)[C@H](C[C@H]2C(C)=C(C)[C@@H](C)C2C)C(C)C1C.CCC.CCC.II. The molecular formula is C45H84I2. The first kappa shape index (κ1) is 49.5. The van der Waals surface area contributed by atoms with Gasteiger partial charge >= 0.3 is 0 Å². The van der Waals surface area contributed by atoms with Gasteiger partial charge in [0.2, 0.25) is 0 Å². The fourth-order valence-electron chi connectivity index (χ4n) is 8.51. The van der Waals surface area contributed by atoms with Crippen molar-refractivity contribution in [3.05, 3.63) is 44.6 Å². The third-order valence-electron chi connectivity index (χ3n) is 14.2. The lowest BCUT2D eigenvalue weighted by Gasteiger charge is -2.28. The Morgan fingerprint density at radius 3 is 0.574 bits per heavy atom. The van der Waals surface area contributed by atoms with E-state index in [0.717, 1.165) is 71.0 Å². The maximum absolute atomic E-state index is 2.46. The van der Waals surface area contributed by atoms with Gasteiger partial charge in [-0.1, -0.05) is 154 Å². The van der Waals surface area contributed by atoms with Gasteiger partial charge in [-0.15, -0.1) is 0 Å². The van der Waals surface area contributed by atoms with Gasteiger partial charge in [0, 0.05) is 37.2 Å². The molecule has 6 unspecified atom stereocenters. The molecule has 12 atom stereocenters. The van der Waals surface area contributed by atoms with Gasteiger partial charge in [-0.3, -0.25) is 0 Å². The number of rotatable bonds is 2. The highest BCUT2D eigenvalue weighted by atomic mass is 128. The number of hydrogen-bond donors (Lipinski definition) is 0. The fraction of sp³-hybridized carbons (Fsp3) is 0.822. The van der Waals surface area contributed by atoms with Crippen molar-refractivity contribution in [3.8, 4) is 0 Å². The van der Waals surface area contributed by atoms with Crippen LogP contribution in [0, 0.1) is 71.0 Å². The Balaban J connectivity index is 0. The minimum absolute atomic E-state index is 0.782. The molecule has 0 aromatic rings. The lowest BCUT2D eigenvalue weighted by atomic mass is 9.76. The van der Waals surface area contributed by atoms with Gasteiger partial charge in [-0.25, -0.2) is 0 Å². The number of halogens is 2. The molecule has 0 aromatic carbocycles. The third kappa shape index (κ3) is 12.9. The Kier molecular flexibility index (Phi) is 25.1. The van der Waals surface area contributed by atoms with Crippen molar-refractivity contribution >= 4 is 37.2 Å². The highest BCUT2D eigenvalue weighted by Crippen LogP contribution is 2.50. The zero-order valence-electron chi connectivity index (χ0n) is 35.8. The first-order valence-electron chi connectivity index (χ1n) is 19.5. The van der Waals surface area contributed by atoms with Crippen molar-refractivity contribution < 1.29 is 0 Å². The molecule has 0 saturated carbocycles. The summed E-state index contributed by atoms with van der Waals surface area (Å²) in [7, 11) is 0. The molecular weight excluding hydrogens is 794 g/mol. The largest absolute Gasteiger partial charge is 0.0710 e. The lowest BCUT2D eigenvalue weighted by molar-refractivity contribution is 0.267. The average molecular weight is 879 g/mol. The normalized spacial score (nSPS) is 36.0. The Labute approximate surface area is 322 Å². The highest BCUT2D eigenvalue weighted by molar-refractivity contribution is 15.0. The van der Waals surface area contributed by atoms with Gasteiger partial charge in [0.15, 0.2) is 0 Å². The summed E-state index contributed by atoms with van der Waals surface area (Å²) < 4.78 is 0. The van der Waals surface area contributed by atoms with E-state index in [0.29, 0.717) is 0 Å². The maximum atomic E-state index is 2.46. The lowest BCUT2D eigenvalue weighted by Crippen LogP contribution is -2.20. The van der Waals surface area contributed by atoms with Crippen LogP contribution in [0.25, 0.3) is 0 Å². The van der Waals surface area contributed by atoms with Crippen LogP contribution in [-0.4, -0.2) is 0 Å². The molecule has 0 spiro atoms. The highest BCUT2D eigenvalue weighted by Gasteiger charge is 2.40. The van der Waals surface area contributed by atoms with Crippen LogP contribution in [0.15, 0.2) is 44.6 Å². The summed E-state index contributed by atoms with van der Waals surface area (Å²) in [4.78, 5) is 0. The quantitative estimate of drug-likeness (QED) is 0.192. The molecule has 47 heavy (non-hydrogen) atoms. The topological polar surface area (TPSA) is 0 Å². The molecule has 0 bridgehead atoms. The van der Waals surface area contributed by atoms with Crippen molar-refractivity contribution in [2.45, 2.75) is 172 Å². The first-order valence-corrected chi connectivity index (χ1v) is 25.8. The predicted octanol–water partition coefficient (Wildman–Crippen LogP) is 16.9. The zero-order chi connectivity index (χ0) is 37.7. The minimum atomic E-state index is 0.782. The second-order valence-electron chi connectivity index (χ2n) is 16.5. The van der Waals surface area contributed by atoms with Gasteiger partial charge < -0.3 is 0 Å². The van der Waals surface area contributed by atoms with E-state index in [4.69, 9.17) is 0 Å². The summed E-state index contributed by atoms with van der Waals surface area (Å²) in [5, 5.41) is 0. The molecule has 4 rings (SSSR count). The van der Waals surface area contributed by atoms with Crippen molar-refractivity contribution in [2.75, 3.05) is 0 Å². The molecule has 0 nitrogen and oxygen atoms in total. The second-order valence-corrected chi connectivity index (χ2v) is 16.5. The fourth-order valence-corrected chi connectivity index (χ4v) is 8.51. The average Bonchev–Trinajstić information content (AvgIpc) is 3.50. The van der Waals surface area contributed by atoms with E-state index >= 15 is 0 Å². The summed E-state index contributed by atoms with van der Waals surface area (Å²) in [6.45, 7) is 50.9. The van der Waals surface area contributed by atoms with Crippen LogP contribution in [0.3, 0.4) is 0 Å². The monoisotopic (exact) mass is 878 g/mol. The first-order chi connectivity index (χ1) is 21.7. The molecule has 0 aliphatic heterocycles. The van der Waals surface area contributed by atoms with Gasteiger partial charge in [0.1, 0.15) is 0 Å². The van der Waals surface area contributed by atoms with E-state index < -0.39 is 0 Å². The van der Waals surface area contributed by atoms with Crippen molar-refractivity contribution in [3.63, 3.8) is 0 Å². The van der Waals surface area contributed by atoms with E-state index in [1.807, 2.05) is 0 Å². The smallest absolute Gasteiger partial charge is 0 e. The zero-order valence-corrected chi connectivity index (χ0v) is 40.1. The van der Waals surface area contributed by atoms with Crippen molar-refractivity contribution in [2.24, 2.45) is 71.0 Å². The van der Waals surface area contributed by atoms with E-state index in [2.05, 4.69) is 190 Å². The Morgan fingerprint density at radius 1 is 0.319 bits per heavy atom. The van der Waals surface area contributed by atoms with Crippen molar-refractivity contribution in [1.29, 1.82) is 0 Å². The molecule has 0 amide bonds. The molecule has 0 fully saturated rings. The summed E-state index contributed by atoms with van der Waals surface area (Å²) in [5.74, 6) is 9.84. The molecule has 0 radical (unpaired) electrons. The summed E-state index contributed by atoms with van der Waals surface area (Å²) >= 11 is 4.24.